The molecule has 6 rings (SSSR count). The van der Waals surface area contributed by atoms with Gasteiger partial charge in [0.25, 0.3) is 5.78 Å². The van der Waals surface area contributed by atoms with Gasteiger partial charge in [0.1, 0.15) is 18.0 Å². The van der Waals surface area contributed by atoms with Gasteiger partial charge in [0, 0.05) is 35.8 Å². The summed E-state index contributed by atoms with van der Waals surface area (Å²) >= 11 is 6.05. The van der Waals surface area contributed by atoms with Crippen molar-refractivity contribution in [1.82, 2.24) is 29.5 Å². The highest BCUT2D eigenvalue weighted by atomic mass is 35.5. The predicted octanol–water partition coefficient (Wildman–Crippen LogP) is 5.17. The Kier molecular flexibility index (Phi) is 4.29. The largest absolute Gasteiger partial charge is 0.329 e. The van der Waals surface area contributed by atoms with E-state index in [1.54, 1.807) is 10.5 Å². The first kappa shape index (κ1) is 19.1. The third-order valence-corrected chi connectivity index (χ3v) is 6.08. The Morgan fingerprint density at radius 3 is 2.78 bits per heavy atom. The minimum Gasteiger partial charge on any atom is -0.329 e. The minimum atomic E-state index is -0.511. The summed E-state index contributed by atoms with van der Waals surface area (Å²) in [4.78, 5) is 15.7. The number of rotatable bonds is 4. The number of fused-ring (bicyclic) bond motifs is 3. The summed E-state index contributed by atoms with van der Waals surface area (Å²) in [5, 5.41) is 8.63. The van der Waals surface area contributed by atoms with Gasteiger partial charge in [0.15, 0.2) is 0 Å². The lowest BCUT2D eigenvalue weighted by Gasteiger charge is -2.21. The number of nitrogens with zero attached hydrogens (tertiary/aromatic N) is 7. The number of hydrogen-bond donors (Lipinski definition) is 0. The molecule has 158 valence electrons. The first-order valence-electron chi connectivity index (χ1n) is 10.2. The number of benzene rings is 2. The molecule has 0 saturated heterocycles. The maximum Gasteiger partial charge on any atom is 0.257 e. The van der Waals surface area contributed by atoms with Crippen LogP contribution in [0.25, 0.3) is 27.9 Å². The number of halogens is 2. The molecule has 5 aromatic rings. The molecular formula is C23H17ClFN7. The molecule has 2 aromatic carbocycles. The van der Waals surface area contributed by atoms with E-state index < -0.39 is 5.82 Å². The number of aromatic nitrogens is 6. The molecule has 1 aliphatic carbocycles. The van der Waals surface area contributed by atoms with E-state index in [9.17, 15) is 4.39 Å². The highest BCUT2D eigenvalue weighted by molar-refractivity contribution is 6.31. The van der Waals surface area contributed by atoms with E-state index in [2.05, 4.69) is 25.1 Å². The Morgan fingerprint density at radius 1 is 1.12 bits per heavy atom. The van der Waals surface area contributed by atoms with Crippen LogP contribution < -0.4 is 4.90 Å². The zero-order chi connectivity index (χ0) is 21.8. The Balaban J connectivity index is 1.45. The van der Waals surface area contributed by atoms with Crippen molar-refractivity contribution in [3.05, 3.63) is 71.7 Å². The zero-order valence-corrected chi connectivity index (χ0v) is 17.8. The van der Waals surface area contributed by atoms with Crippen molar-refractivity contribution >= 4 is 39.8 Å². The SMILES string of the molecule is CN(c1cccc(-c2cnc(C3CC3)cn2)c1)c1nc2nncn2c2cc(Cl)c(F)cc12. The average molecular weight is 446 g/mol. The van der Waals surface area contributed by atoms with E-state index in [1.807, 2.05) is 48.6 Å². The third-order valence-electron chi connectivity index (χ3n) is 5.79. The molecule has 0 unspecified atom stereocenters. The average Bonchev–Trinajstić information content (AvgIpc) is 3.56. The van der Waals surface area contributed by atoms with Crippen molar-refractivity contribution in [2.75, 3.05) is 11.9 Å². The smallest absolute Gasteiger partial charge is 0.257 e. The molecule has 1 aliphatic rings. The van der Waals surface area contributed by atoms with Crippen LogP contribution in [0, 0.1) is 5.82 Å². The van der Waals surface area contributed by atoms with E-state index in [1.165, 1.54) is 25.2 Å². The molecule has 0 radical (unpaired) electrons. The summed E-state index contributed by atoms with van der Waals surface area (Å²) in [7, 11) is 1.88. The molecule has 0 spiro atoms. The second kappa shape index (κ2) is 7.20. The summed E-state index contributed by atoms with van der Waals surface area (Å²) in [6.45, 7) is 0. The van der Waals surface area contributed by atoms with E-state index >= 15 is 0 Å². The molecule has 3 aromatic heterocycles. The van der Waals surface area contributed by atoms with Gasteiger partial charge in [-0.15, -0.1) is 10.2 Å². The van der Waals surface area contributed by atoms with Gasteiger partial charge in [-0.3, -0.25) is 14.4 Å². The van der Waals surface area contributed by atoms with Crippen molar-refractivity contribution in [2.45, 2.75) is 18.8 Å². The summed E-state index contributed by atoms with van der Waals surface area (Å²) in [6, 6.07) is 10.9. The maximum atomic E-state index is 14.4. The fraction of sp³-hybridized carbons (Fsp3) is 0.174. The topological polar surface area (TPSA) is 72.1 Å². The van der Waals surface area contributed by atoms with Crippen LogP contribution in [-0.4, -0.2) is 36.6 Å². The molecule has 1 saturated carbocycles. The highest BCUT2D eigenvalue weighted by Crippen LogP contribution is 2.39. The van der Waals surface area contributed by atoms with E-state index in [4.69, 9.17) is 11.6 Å². The highest BCUT2D eigenvalue weighted by Gasteiger charge is 2.25. The molecular weight excluding hydrogens is 429 g/mol. The lowest BCUT2D eigenvalue weighted by atomic mass is 10.1. The minimum absolute atomic E-state index is 0.0301. The van der Waals surface area contributed by atoms with Crippen molar-refractivity contribution < 1.29 is 4.39 Å². The lowest BCUT2D eigenvalue weighted by molar-refractivity contribution is 0.630. The number of hydrogen-bond acceptors (Lipinski definition) is 6. The molecule has 9 heteroatoms. The molecule has 7 nitrogen and oxygen atoms in total. The fourth-order valence-electron chi connectivity index (χ4n) is 3.87. The summed E-state index contributed by atoms with van der Waals surface area (Å²) in [6.07, 6.45) is 7.60. The molecule has 0 aliphatic heterocycles. The Hall–Kier alpha value is -3.65. The van der Waals surface area contributed by atoms with Crippen LogP contribution in [0.3, 0.4) is 0 Å². The van der Waals surface area contributed by atoms with Crippen LogP contribution >= 0.6 is 11.6 Å². The quantitative estimate of drug-likeness (QED) is 0.380. The lowest BCUT2D eigenvalue weighted by Crippen LogP contribution is -2.13. The Morgan fingerprint density at radius 2 is 2.00 bits per heavy atom. The van der Waals surface area contributed by atoms with Gasteiger partial charge >= 0.3 is 0 Å². The van der Waals surface area contributed by atoms with E-state index in [0.717, 1.165) is 22.6 Å². The van der Waals surface area contributed by atoms with Crippen LogP contribution in [0.15, 0.2) is 55.1 Å². The first-order valence-corrected chi connectivity index (χ1v) is 10.6. The van der Waals surface area contributed by atoms with Gasteiger partial charge in [-0.1, -0.05) is 23.7 Å². The van der Waals surface area contributed by atoms with Gasteiger partial charge in [-0.25, -0.2) is 4.39 Å². The molecule has 0 N–H and O–H groups in total. The van der Waals surface area contributed by atoms with Crippen molar-refractivity contribution in [2.24, 2.45) is 0 Å². The van der Waals surface area contributed by atoms with Crippen LogP contribution in [0.2, 0.25) is 5.02 Å². The Labute approximate surface area is 187 Å². The fourth-order valence-corrected chi connectivity index (χ4v) is 4.03. The molecule has 0 atom stereocenters. The number of anilines is 2. The van der Waals surface area contributed by atoms with Crippen LogP contribution in [0.4, 0.5) is 15.9 Å². The van der Waals surface area contributed by atoms with Gasteiger partial charge in [0.05, 0.1) is 28.1 Å². The summed E-state index contributed by atoms with van der Waals surface area (Å²) < 4.78 is 16.1. The van der Waals surface area contributed by atoms with Crippen molar-refractivity contribution in [1.29, 1.82) is 0 Å². The molecule has 32 heavy (non-hydrogen) atoms. The van der Waals surface area contributed by atoms with Gasteiger partial charge in [-0.05, 0) is 37.1 Å². The van der Waals surface area contributed by atoms with Crippen molar-refractivity contribution in [3.8, 4) is 11.3 Å². The van der Waals surface area contributed by atoms with Crippen LogP contribution in [0.1, 0.15) is 24.5 Å². The van der Waals surface area contributed by atoms with Crippen LogP contribution in [0.5, 0.6) is 0 Å². The molecule has 3 heterocycles. The zero-order valence-electron chi connectivity index (χ0n) is 17.1. The predicted molar refractivity (Wildman–Crippen MR) is 121 cm³/mol. The van der Waals surface area contributed by atoms with Gasteiger partial charge < -0.3 is 4.90 Å². The Bertz CT molecular complexity index is 1480. The van der Waals surface area contributed by atoms with E-state index in [0.29, 0.717) is 28.4 Å². The second-order valence-electron chi connectivity index (χ2n) is 7.93. The van der Waals surface area contributed by atoms with E-state index in [-0.39, 0.29) is 5.02 Å². The summed E-state index contributed by atoms with van der Waals surface area (Å²) in [5.74, 6) is 1.00. The third kappa shape index (κ3) is 3.15. The molecule has 0 amide bonds. The second-order valence-corrected chi connectivity index (χ2v) is 8.34. The normalized spacial score (nSPS) is 13.7. The van der Waals surface area contributed by atoms with Crippen LogP contribution in [-0.2, 0) is 0 Å². The van der Waals surface area contributed by atoms with Crippen molar-refractivity contribution in [3.63, 3.8) is 0 Å². The van der Waals surface area contributed by atoms with Gasteiger partial charge in [-0.2, -0.15) is 4.98 Å². The monoisotopic (exact) mass is 445 g/mol. The first-order chi connectivity index (χ1) is 15.6. The standard InChI is InChI=1S/C23H17ClFN7/c1-31(15-4-2-3-14(7-15)20-11-26-19(10-27-20)13-5-6-13)22-16-8-18(25)17(24)9-21(16)32-12-28-30-23(32)29-22/h2-4,7-13H,5-6H2,1H3. The maximum absolute atomic E-state index is 14.4. The molecule has 1 fully saturated rings. The van der Waals surface area contributed by atoms with Gasteiger partial charge in [0.2, 0.25) is 0 Å². The molecule has 0 bridgehead atoms. The summed E-state index contributed by atoms with van der Waals surface area (Å²) in [5.41, 5.74) is 4.33.